The van der Waals surface area contributed by atoms with Gasteiger partial charge in [-0.3, -0.25) is 9.59 Å². The highest BCUT2D eigenvalue weighted by molar-refractivity contribution is 6.07. The summed E-state index contributed by atoms with van der Waals surface area (Å²) in [5.74, 6) is -1.78. The van der Waals surface area contributed by atoms with Crippen LogP contribution in [0.15, 0.2) is 30.3 Å². The van der Waals surface area contributed by atoms with Gasteiger partial charge in [0.05, 0.1) is 6.54 Å². The third-order valence-corrected chi connectivity index (χ3v) is 2.77. The Morgan fingerprint density at radius 2 is 1.73 bits per heavy atom. The summed E-state index contributed by atoms with van der Waals surface area (Å²) >= 11 is 0. The van der Waals surface area contributed by atoms with E-state index in [1.54, 1.807) is 51.1 Å². The molecule has 0 aliphatic carbocycles. The van der Waals surface area contributed by atoms with Gasteiger partial charge in [0.15, 0.2) is 5.78 Å². The molecule has 1 aromatic carbocycles. The molecule has 0 saturated carbocycles. The first kappa shape index (κ1) is 17.7. The summed E-state index contributed by atoms with van der Waals surface area (Å²) in [6.07, 6.45) is -0.690. The highest BCUT2D eigenvalue weighted by Gasteiger charge is 2.28. The van der Waals surface area contributed by atoms with Crippen molar-refractivity contribution in [1.82, 2.24) is 10.6 Å². The average molecular weight is 306 g/mol. The number of Topliss-reactive ketones (excluding diaryl/α,β-unsaturated/α-hetero) is 1. The minimum Gasteiger partial charge on any atom is -0.444 e. The van der Waals surface area contributed by atoms with Crippen LogP contribution in [0, 0.1) is 0 Å². The van der Waals surface area contributed by atoms with Crippen molar-refractivity contribution in [3.8, 4) is 0 Å². The Morgan fingerprint density at radius 3 is 2.23 bits per heavy atom. The first-order chi connectivity index (χ1) is 10.2. The van der Waals surface area contributed by atoms with Crippen molar-refractivity contribution in [2.24, 2.45) is 0 Å². The number of ketones is 1. The number of benzene rings is 1. The van der Waals surface area contributed by atoms with Crippen LogP contribution in [0.2, 0.25) is 0 Å². The molecule has 0 aliphatic heterocycles. The number of amides is 2. The van der Waals surface area contributed by atoms with Crippen LogP contribution in [0.1, 0.15) is 32.3 Å². The maximum Gasteiger partial charge on any atom is 0.408 e. The molecule has 120 valence electrons. The molecule has 0 spiro atoms. The number of carbonyl (C=O) groups is 3. The highest BCUT2D eigenvalue weighted by Crippen LogP contribution is 2.16. The summed E-state index contributed by atoms with van der Waals surface area (Å²) in [7, 11) is 1.47. The second kappa shape index (κ2) is 7.59. The van der Waals surface area contributed by atoms with E-state index in [0.29, 0.717) is 5.56 Å². The van der Waals surface area contributed by atoms with E-state index in [2.05, 4.69) is 10.6 Å². The van der Waals surface area contributed by atoms with Gasteiger partial charge in [-0.05, 0) is 26.3 Å². The number of carbonyl (C=O) groups excluding carboxylic acids is 3. The van der Waals surface area contributed by atoms with Crippen molar-refractivity contribution in [3.05, 3.63) is 35.9 Å². The molecule has 0 bridgehead atoms. The van der Waals surface area contributed by atoms with E-state index < -0.39 is 29.3 Å². The van der Waals surface area contributed by atoms with Gasteiger partial charge < -0.3 is 15.4 Å². The zero-order valence-corrected chi connectivity index (χ0v) is 13.3. The number of nitrogens with one attached hydrogen (secondary N) is 2. The standard InChI is InChI=1S/C16H22N2O4/c1-16(2,3)22-15(21)18-10-12(19)13(14(20)17-4)11-8-6-5-7-9-11/h5-9,13H,10H2,1-4H3,(H,17,20)(H,18,21). The molecule has 2 N–H and O–H groups in total. The van der Waals surface area contributed by atoms with Crippen molar-refractivity contribution in [2.45, 2.75) is 32.3 Å². The Kier molecular flexibility index (Phi) is 6.10. The molecule has 6 heteroatoms. The van der Waals surface area contributed by atoms with Gasteiger partial charge in [0.2, 0.25) is 5.91 Å². The van der Waals surface area contributed by atoms with E-state index in [1.165, 1.54) is 7.05 Å². The molecular weight excluding hydrogens is 284 g/mol. The van der Waals surface area contributed by atoms with Crippen LogP contribution in [-0.4, -0.2) is 37.0 Å². The Bertz CT molecular complexity index is 535. The van der Waals surface area contributed by atoms with Gasteiger partial charge in [-0.15, -0.1) is 0 Å². The fourth-order valence-electron chi connectivity index (χ4n) is 1.85. The summed E-state index contributed by atoms with van der Waals surface area (Å²) in [5.41, 5.74) is -0.0647. The lowest BCUT2D eigenvalue weighted by Gasteiger charge is -2.20. The maximum absolute atomic E-state index is 12.3. The average Bonchev–Trinajstić information content (AvgIpc) is 2.44. The van der Waals surface area contributed by atoms with Crippen LogP contribution in [0.5, 0.6) is 0 Å². The van der Waals surface area contributed by atoms with Crippen LogP contribution < -0.4 is 10.6 Å². The molecule has 0 heterocycles. The van der Waals surface area contributed by atoms with Gasteiger partial charge in [0, 0.05) is 7.05 Å². The normalized spacial score (nSPS) is 12.2. The molecule has 0 radical (unpaired) electrons. The SMILES string of the molecule is CNC(=O)C(C(=O)CNC(=O)OC(C)(C)C)c1ccccc1. The highest BCUT2D eigenvalue weighted by atomic mass is 16.6. The monoisotopic (exact) mass is 306 g/mol. The van der Waals surface area contributed by atoms with Crippen molar-refractivity contribution in [2.75, 3.05) is 13.6 Å². The largest absolute Gasteiger partial charge is 0.444 e. The fraction of sp³-hybridized carbons (Fsp3) is 0.438. The summed E-state index contributed by atoms with van der Waals surface area (Å²) in [6, 6.07) is 8.70. The number of likely N-dealkylation sites (N-methyl/N-ethyl adjacent to an activating group) is 1. The minimum atomic E-state index is -0.957. The van der Waals surface area contributed by atoms with Crippen LogP contribution >= 0.6 is 0 Å². The smallest absolute Gasteiger partial charge is 0.408 e. The molecule has 1 rings (SSSR count). The number of ether oxygens (including phenoxy) is 1. The summed E-state index contributed by atoms with van der Waals surface area (Å²) in [4.78, 5) is 35.8. The van der Waals surface area contributed by atoms with Crippen LogP contribution in [0.25, 0.3) is 0 Å². The van der Waals surface area contributed by atoms with Crippen molar-refractivity contribution < 1.29 is 19.1 Å². The van der Waals surface area contributed by atoms with Gasteiger partial charge in [0.1, 0.15) is 11.5 Å². The first-order valence-corrected chi connectivity index (χ1v) is 7.00. The zero-order chi connectivity index (χ0) is 16.8. The second-order valence-corrected chi connectivity index (χ2v) is 5.78. The molecule has 0 aromatic heterocycles. The first-order valence-electron chi connectivity index (χ1n) is 7.00. The summed E-state index contributed by atoms with van der Waals surface area (Å²) < 4.78 is 5.06. The summed E-state index contributed by atoms with van der Waals surface area (Å²) in [6.45, 7) is 4.91. The number of hydrogen-bond acceptors (Lipinski definition) is 4. The lowest BCUT2D eigenvalue weighted by molar-refractivity contribution is -0.129. The molecule has 0 saturated heterocycles. The van der Waals surface area contributed by atoms with Gasteiger partial charge in [-0.2, -0.15) is 0 Å². The van der Waals surface area contributed by atoms with Crippen molar-refractivity contribution >= 4 is 17.8 Å². The predicted octanol–water partition coefficient (Wildman–Crippen LogP) is 1.61. The molecule has 0 aliphatic rings. The van der Waals surface area contributed by atoms with Gasteiger partial charge >= 0.3 is 6.09 Å². The third kappa shape index (κ3) is 5.55. The molecule has 1 atom stereocenters. The lowest BCUT2D eigenvalue weighted by atomic mass is 9.93. The molecule has 22 heavy (non-hydrogen) atoms. The molecule has 1 unspecified atom stereocenters. The minimum absolute atomic E-state index is 0.276. The van der Waals surface area contributed by atoms with E-state index >= 15 is 0 Å². The number of rotatable bonds is 5. The van der Waals surface area contributed by atoms with E-state index in [9.17, 15) is 14.4 Å². The molecular formula is C16H22N2O4. The van der Waals surface area contributed by atoms with Crippen LogP contribution in [-0.2, 0) is 14.3 Å². The quantitative estimate of drug-likeness (QED) is 0.809. The number of hydrogen-bond donors (Lipinski definition) is 2. The van der Waals surface area contributed by atoms with E-state index in [1.807, 2.05) is 0 Å². The molecule has 2 amide bonds. The topological polar surface area (TPSA) is 84.5 Å². The zero-order valence-electron chi connectivity index (χ0n) is 13.3. The third-order valence-electron chi connectivity index (χ3n) is 2.77. The molecule has 0 fully saturated rings. The van der Waals surface area contributed by atoms with Gasteiger partial charge in [-0.25, -0.2) is 4.79 Å². The lowest BCUT2D eigenvalue weighted by Crippen LogP contribution is -2.40. The van der Waals surface area contributed by atoms with Crippen LogP contribution in [0.4, 0.5) is 4.79 Å². The Labute approximate surface area is 130 Å². The van der Waals surface area contributed by atoms with Crippen molar-refractivity contribution in [1.29, 1.82) is 0 Å². The number of alkyl carbamates (subject to hydrolysis) is 1. The molecule has 6 nitrogen and oxygen atoms in total. The maximum atomic E-state index is 12.3. The van der Waals surface area contributed by atoms with E-state index in [-0.39, 0.29) is 6.54 Å². The van der Waals surface area contributed by atoms with E-state index in [4.69, 9.17) is 4.74 Å². The van der Waals surface area contributed by atoms with Gasteiger partial charge in [0.25, 0.3) is 0 Å². The van der Waals surface area contributed by atoms with Crippen LogP contribution in [0.3, 0.4) is 0 Å². The Morgan fingerprint density at radius 1 is 1.14 bits per heavy atom. The summed E-state index contributed by atoms with van der Waals surface area (Å²) in [5, 5.41) is 4.84. The fourth-order valence-corrected chi connectivity index (χ4v) is 1.85. The Hall–Kier alpha value is -2.37. The second-order valence-electron chi connectivity index (χ2n) is 5.78. The van der Waals surface area contributed by atoms with E-state index in [0.717, 1.165) is 0 Å². The molecule has 1 aromatic rings. The van der Waals surface area contributed by atoms with Gasteiger partial charge in [-0.1, -0.05) is 30.3 Å². The Balaban J connectivity index is 2.74. The predicted molar refractivity (Wildman–Crippen MR) is 82.5 cm³/mol. The van der Waals surface area contributed by atoms with Crippen molar-refractivity contribution in [3.63, 3.8) is 0 Å².